The van der Waals surface area contributed by atoms with Crippen LogP contribution in [0.25, 0.3) is 16.7 Å². The SMILES string of the molecule is COc1ccc(-c2ccc3c(c2)=C(C(C)O)C(=O)N=3)cc1. The number of hydrogen-bond acceptors (Lipinski definition) is 3. The molecule has 3 rings (SSSR count). The first kappa shape index (κ1) is 13.5. The summed E-state index contributed by atoms with van der Waals surface area (Å²) in [6, 6.07) is 13.3. The molecule has 4 nitrogen and oxygen atoms in total. The average molecular weight is 281 g/mol. The van der Waals surface area contributed by atoms with Crippen molar-refractivity contribution in [3.05, 3.63) is 53.0 Å². The Morgan fingerprint density at radius 3 is 2.38 bits per heavy atom. The van der Waals surface area contributed by atoms with Crippen molar-refractivity contribution in [2.45, 2.75) is 13.0 Å². The minimum absolute atomic E-state index is 0.355. The molecule has 1 aliphatic rings. The Morgan fingerprint density at radius 1 is 1.10 bits per heavy atom. The fourth-order valence-corrected chi connectivity index (χ4v) is 2.50. The Balaban J connectivity index is 2.16. The van der Waals surface area contributed by atoms with Crippen LogP contribution >= 0.6 is 0 Å². The van der Waals surface area contributed by atoms with Crippen molar-refractivity contribution in [2.75, 3.05) is 7.11 Å². The summed E-state index contributed by atoms with van der Waals surface area (Å²) < 4.78 is 5.14. The van der Waals surface area contributed by atoms with Crippen LogP contribution in [0.15, 0.2) is 47.5 Å². The van der Waals surface area contributed by atoms with Crippen LogP contribution in [0.1, 0.15) is 6.92 Å². The average Bonchev–Trinajstić information content (AvgIpc) is 2.82. The number of amides is 1. The molecular weight excluding hydrogens is 266 g/mol. The number of nitrogens with zero attached hydrogens (tertiary/aromatic N) is 1. The fraction of sp³-hybridized carbons (Fsp3) is 0.176. The monoisotopic (exact) mass is 281 g/mol. The van der Waals surface area contributed by atoms with Crippen LogP contribution in [0, 0.1) is 0 Å². The highest BCUT2D eigenvalue weighted by molar-refractivity contribution is 6.16. The number of aliphatic hydroxyl groups excluding tert-OH is 1. The lowest BCUT2D eigenvalue weighted by molar-refractivity contribution is -0.113. The minimum atomic E-state index is -0.825. The molecule has 1 aliphatic heterocycles. The Labute approximate surface area is 122 Å². The topological polar surface area (TPSA) is 58.9 Å². The summed E-state index contributed by atoms with van der Waals surface area (Å²) in [7, 11) is 1.63. The van der Waals surface area contributed by atoms with E-state index in [1.807, 2.05) is 42.5 Å². The second kappa shape index (κ2) is 5.14. The zero-order valence-electron chi connectivity index (χ0n) is 11.8. The molecule has 1 amide bonds. The van der Waals surface area contributed by atoms with Crippen LogP contribution in [0.4, 0.5) is 0 Å². The Kier molecular flexibility index (Phi) is 3.31. The molecule has 4 heteroatoms. The van der Waals surface area contributed by atoms with Crippen molar-refractivity contribution in [3.8, 4) is 16.9 Å². The van der Waals surface area contributed by atoms with Gasteiger partial charge in [-0.05, 0) is 42.3 Å². The third kappa shape index (κ3) is 2.34. The Bertz CT molecular complexity index is 820. The fourth-order valence-electron chi connectivity index (χ4n) is 2.50. The number of carbonyl (C=O) groups excluding carboxylic acids is 1. The number of fused-ring (bicyclic) bond motifs is 1. The van der Waals surface area contributed by atoms with Gasteiger partial charge in [-0.15, -0.1) is 0 Å². The van der Waals surface area contributed by atoms with Crippen LogP contribution < -0.4 is 15.3 Å². The predicted octanol–water partition coefficient (Wildman–Crippen LogP) is 1.05. The molecule has 0 spiro atoms. The lowest BCUT2D eigenvalue weighted by atomic mass is 10.0. The van der Waals surface area contributed by atoms with E-state index >= 15 is 0 Å². The molecular formula is C17H15NO3. The molecule has 0 fully saturated rings. The van der Waals surface area contributed by atoms with E-state index in [-0.39, 0.29) is 5.91 Å². The summed E-state index contributed by atoms with van der Waals surface area (Å²) >= 11 is 0. The summed E-state index contributed by atoms with van der Waals surface area (Å²) in [6.45, 7) is 1.58. The number of aliphatic hydroxyl groups is 1. The lowest BCUT2D eigenvalue weighted by Crippen LogP contribution is -2.26. The van der Waals surface area contributed by atoms with Crippen molar-refractivity contribution in [1.29, 1.82) is 0 Å². The van der Waals surface area contributed by atoms with Crippen LogP contribution in [0.2, 0.25) is 0 Å². The second-order valence-corrected chi connectivity index (χ2v) is 4.97. The van der Waals surface area contributed by atoms with Crippen molar-refractivity contribution < 1.29 is 14.6 Å². The highest BCUT2D eigenvalue weighted by Gasteiger charge is 2.20. The van der Waals surface area contributed by atoms with Gasteiger partial charge in [-0.2, -0.15) is 0 Å². The number of carbonyl (C=O) groups is 1. The third-order valence-electron chi connectivity index (χ3n) is 3.58. The number of ether oxygens (including phenoxy) is 1. The normalized spacial score (nSPS) is 14.6. The van der Waals surface area contributed by atoms with E-state index in [4.69, 9.17) is 4.74 Å². The van der Waals surface area contributed by atoms with Crippen molar-refractivity contribution in [1.82, 2.24) is 0 Å². The molecule has 2 aromatic rings. The second-order valence-electron chi connectivity index (χ2n) is 4.97. The maximum absolute atomic E-state index is 11.8. The molecule has 0 bridgehead atoms. The van der Waals surface area contributed by atoms with Gasteiger partial charge in [-0.25, -0.2) is 4.99 Å². The summed E-state index contributed by atoms with van der Waals surface area (Å²) in [5.74, 6) is 0.438. The van der Waals surface area contributed by atoms with E-state index in [1.165, 1.54) is 0 Å². The molecule has 1 N–H and O–H groups in total. The molecule has 0 radical (unpaired) electrons. The molecule has 0 saturated carbocycles. The minimum Gasteiger partial charge on any atom is -0.497 e. The standard InChI is InChI=1S/C17H15NO3/c1-10(19)16-14-9-12(5-8-15(14)18-17(16)20)11-3-6-13(21-2)7-4-11/h3-10,19H,1-2H3. The molecule has 0 aromatic heterocycles. The molecule has 2 aromatic carbocycles. The van der Waals surface area contributed by atoms with Gasteiger partial charge >= 0.3 is 0 Å². The van der Waals surface area contributed by atoms with Crippen molar-refractivity contribution in [2.24, 2.45) is 4.99 Å². The highest BCUT2D eigenvalue weighted by Crippen LogP contribution is 2.21. The van der Waals surface area contributed by atoms with E-state index in [0.717, 1.165) is 16.9 Å². The largest absolute Gasteiger partial charge is 0.497 e. The molecule has 21 heavy (non-hydrogen) atoms. The zero-order chi connectivity index (χ0) is 15.0. The Hall–Kier alpha value is -2.46. The smallest absolute Gasteiger partial charge is 0.276 e. The first-order valence-corrected chi connectivity index (χ1v) is 6.70. The van der Waals surface area contributed by atoms with Gasteiger partial charge in [0.25, 0.3) is 5.91 Å². The van der Waals surface area contributed by atoms with Crippen molar-refractivity contribution >= 4 is 11.5 Å². The summed E-state index contributed by atoms with van der Waals surface area (Å²) in [4.78, 5) is 15.8. The maximum atomic E-state index is 11.8. The number of hydrogen-bond donors (Lipinski definition) is 1. The van der Waals surface area contributed by atoms with Crippen LogP contribution in [-0.4, -0.2) is 24.2 Å². The molecule has 0 aliphatic carbocycles. The lowest BCUT2D eigenvalue weighted by Gasteiger charge is -2.05. The molecule has 1 atom stereocenters. The molecule has 1 unspecified atom stereocenters. The van der Waals surface area contributed by atoms with Gasteiger partial charge in [-0.1, -0.05) is 18.2 Å². The molecule has 106 valence electrons. The van der Waals surface area contributed by atoms with E-state index in [9.17, 15) is 9.90 Å². The van der Waals surface area contributed by atoms with E-state index < -0.39 is 6.10 Å². The summed E-state index contributed by atoms with van der Waals surface area (Å²) in [5, 5.41) is 11.1. The molecule has 0 saturated heterocycles. The Morgan fingerprint density at radius 2 is 1.76 bits per heavy atom. The zero-order valence-corrected chi connectivity index (χ0v) is 11.8. The predicted molar refractivity (Wildman–Crippen MR) is 79.3 cm³/mol. The number of methoxy groups -OCH3 is 1. The third-order valence-corrected chi connectivity index (χ3v) is 3.58. The quantitative estimate of drug-likeness (QED) is 0.915. The van der Waals surface area contributed by atoms with Gasteiger partial charge in [-0.3, -0.25) is 4.79 Å². The maximum Gasteiger partial charge on any atom is 0.276 e. The van der Waals surface area contributed by atoms with Crippen LogP contribution in [-0.2, 0) is 4.79 Å². The van der Waals surface area contributed by atoms with Gasteiger partial charge in [0.2, 0.25) is 0 Å². The van der Waals surface area contributed by atoms with Gasteiger partial charge < -0.3 is 9.84 Å². The number of benzene rings is 2. The van der Waals surface area contributed by atoms with E-state index in [0.29, 0.717) is 16.1 Å². The number of rotatable bonds is 3. The molecule has 1 heterocycles. The summed E-state index contributed by atoms with van der Waals surface area (Å²) in [5.41, 5.74) is 2.35. The van der Waals surface area contributed by atoms with Crippen LogP contribution in [0.5, 0.6) is 5.75 Å². The van der Waals surface area contributed by atoms with Crippen LogP contribution in [0.3, 0.4) is 0 Å². The first-order chi connectivity index (χ1) is 10.1. The van der Waals surface area contributed by atoms with Gasteiger partial charge in [0, 0.05) is 5.22 Å². The van der Waals surface area contributed by atoms with Gasteiger partial charge in [0.05, 0.1) is 24.1 Å². The first-order valence-electron chi connectivity index (χ1n) is 6.70. The van der Waals surface area contributed by atoms with E-state index in [1.54, 1.807) is 14.0 Å². The van der Waals surface area contributed by atoms with Gasteiger partial charge in [0.15, 0.2) is 0 Å². The van der Waals surface area contributed by atoms with E-state index in [2.05, 4.69) is 4.99 Å². The van der Waals surface area contributed by atoms with Gasteiger partial charge in [0.1, 0.15) is 5.75 Å². The summed E-state index contributed by atoms with van der Waals surface area (Å²) in [6.07, 6.45) is -0.825. The van der Waals surface area contributed by atoms with Crippen molar-refractivity contribution in [3.63, 3.8) is 0 Å². The highest BCUT2D eigenvalue weighted by atomic mass is 16.5.